The second kappa shape index (κ2) is 9.22. The molecule has 0 unspecified atom stereocenters. The fourth-order valence-corrected chi connectivity index (χ4v) is 3.53. The quantitative estimate of drug-likeness (QED) is 0.372. The molecule has 0 amide bonds. The molecule has 0 saturated carbocycles. The van der Waals surface area contributed by atoms with Crippen molar-refractivity contribution in [3.05, 3.63) is 113 Å². The molecular formula is C26H21N5O. The lowest BCUT2D eigenvalue weighted by Crippen LogP contribution is -1.98. The van der Waals surface area contributed by atoms with Gasteiger partial charge in [0.05, 0.1) is 11.2 Å². The molecule has 2 heterocycles. The predicted octanol–water partition coefficient (Wildman–Crippen LogP) is 5.09. The van der Waals surface area contributed by atoms with Gasteiger partial charge < -0.3 is 4.74 Å². The van der Waals surface area contributed by atoms with E-state index in [0.29, 0.717) is 13.0 Å². The number of tetrazole rings is 1. The minimum absolute atomic E-state index is 0.423. The van der Waals surface area contributed by atoms with Crippen LogP contribution in [0.15, 0.2) is 84.9 Å². The molecule has 0 aliphatic carbocycles. The van der Waals surface area contributed by atoms with Crippen molar-refractivity contribution in [3.63, 3.8) is 0 Å². The Labute approximate surface area is 185 Å². The number of nitrogens with zero attached hydrogens (tertiary/aromatic N) is 4. The Kier molecular flexibility index (Phi) is 5.66. The van der Waals surface area contributed by atoms with Gasteiger partial charge in [0.1, 0.15) is 12.4 Å². The maximum atomic E-state index is 6.00. The number of nitrogens with one attached hydrogen (secondary N) is 1. The molecule has 0 fully saturated rings. The first-order chi connectivity index (χ1) is 15.8. The van der Waals surface area contributed by atoms with Gasteiger partial charge in [0.2, 0.25) is 0 Å². The third-order valence-electron chi connectivity index (χ3n) is 5.16. The van der Waals surface area contributed by atoms with Gasteiger partial charge >= 0.3 is 0 Å². The van der Waals surface area contributed by atoms with Crippen LogP contribution in [-0.2, 0) is 13.0 Å². The van der Waals surface area contributed by atoms with E-state index in [1.165, 1.54) is 0 Å². The molecule has 0 radical (unpaired) electrons. The summed E-state index contributed by atoms with van der Waals surface area (Å²) in [7, 11) is 0. The first-order valence-electron chi connectivity index (χ1n) is 10.4. The summed E-state index contributed by atoms with van der Waals surface area (Å²) in [5.41, 5.74) is 5.21. The van der Waals surface area contributed by atoms with Gasteiger partial charge in [-0.25, -0.2) is 10.1 Å². The average molecular weight is 419 g/mol. The van der Waals surface area contributed by atoms with Gasteiger partial charge in [-0.1, -0.05) is 72.8 Å². The summed E-state index contributed by atoms with van der Waals surface area (Å²) in [6, 6.07) is 28.4. The van der Waals surface area contributed by atoms with Crippen LogP contribution in [0.1, 0.15) is 28.2 Å². The van der Waals surface area contributed by atoms with Crippen molar-refractivity contribution in [1.29, 1.82) is 0 Å². The summed E-state index contributed by atoms with van der Waals surface area (Å²) < 4.78 is 6.00. The van der Waals surface area contributed by atoms with E-state index >= 15 is 0 Å². The highest BCUT2D eigenvalue weighted by atomic mass is 16.5. The molecule has 3 aromatic carbocycles. The van der Waals surface area contributed by atoms with Crippen molar-refractivity contribution in [2.24, 2.45) is 0 Å². The highest BCUT2D eigenvalue weighted by Gasteiger charge is 2.04. The SMILES string of the molecule is C(=C\c1ccccc1Cc1nnn[nH]1)/c1cccc(OCc2ccc3ccccc3n2)c1. The molecule has 0 aliphatic rings. The fourth-order valence-electron chi connectivity index (χ4n) is 3.53. The van der Waals surface area contributed by atoms with Gasteiger partial charge in [-0.05, 0) is 51.4 Å². The van der Waals surface area contributed by atoms with Gasteiger partial charge in [-0.2, -0.15) is 0 Å². The van der Waals surface area contributed by atoms with Gasteiger partial charge in [-0.15, -0.1) is 5.10 Å². The second-order valence-electron chi connectivity index (χ2n) is 7.41. The lowest BCUT2D eigenvalue weighted by Gasteiger charge is -2.08. The van der Waals surface area contributed by atoms with E-state index in [0.717, 1.165) is 44.9 Å². The van der Waals surface area contributed by atoms with E-state index in [2.05, 4.69) is 68.1 Å². The molecule has 2 aromatic heterocycles. The average Bonchev–Trinajstić information content (AvgIpc) is 3.35. The minimum atomic E-state index is 0.423. The number of H-pyrrole nitrogens is 1. The van der Waals surface area contributed by atoms with Crippen molar-refractivity contribution in [3.8, 4) is 5.75 Å². The van der Waals surface area contributed by atoms with E-state index in [9.17, 15) is 0 Å². The lowest BCUT2D eigenvalue weighted by atomic mass is 10.0. The molecule has 1 N–H and O–H groups in total. The molecule has 0 spiro atoms. The fraction of sp³-hybridized carbons (Fsp3) is 0.0769. The Morgan fingerprint density at radius 3 is 2.69 bits per heavy atom. The first-order valence-corrected chi connectivity index (χ1v) is 10.4. The minimum Gasteiger partial charge on any atom is -0.487 e. The lowest BCUT2D eigenvalue weighted by molar-refractivity contribution is 0.302. The van der Waals surface area contributed by atoms with Crippen LogP contribution in [0.2, 0.25) is 0 Å². The number of aromatic amines is 1. The molecule has 6 heteroatoms. The van der Waals surface area contributed by atoms with Crippen LogP contribution in [0.4, 0.5) is 0 Å². The maximum absolute atomic E-state index is 6.00. The summed E-state index contributed by atoms with van der Waals surface area (Å²) in [4.78, 5) is 4.67. The topological polar surface area (TPSA) is 76.6 Å². The Hall–Kier alpha value is -4.32. The highest BCUT2D eigenvalue weighted by Crippen LogP contribution is 2.20. The Balaban J connectivity index is 1.28. The van der Waals surface area contributed by atoms with E-state index < -0.39 is 0 Å². The highest BCUT2D eigenvalue weighted by molar-refractivity contribution is 5.78. The van der Waals surface area contributed by atoms with Crippen molar-refractivity contribution in [2.75, 3.05) is 0 Å². The molecule has 32 heavy (non-hydrogen) atoms. The number of ether oxygens (including phenoxy) is 1. The summed E-state index contributed by atoms with van der Waals surface area (Å²) >= 11 is 0. The Morgan fingerprint density at radius 2 is 1.75 bits per heavy atom. The van der Waals surface area contributed by atoms with Crippen LogP contribution in [0, 0.1) is 0 Å². The van der Waals surface area contributed by atoms with Crippen molar-refractivity contribution < 1.29 is 4.74 Å². The number of hydrogen-bond donors (Lipinski definition) is 1. The van der Waals surface area contributed by atoms with Crippen molar-refractivity contribution in [2.45, 2.75) is 13.0 Å². The number of fused-ring (bicyclic) bond motifs is 1. The Bertz CT molecular complexity index is 1360. The zero-order valence-electron chi connectivity index (χ0n) is 17.3. The maximum Gasteiger partial charge on any atom is 0.152 e. The molecule has 0 atom stereocenters. The predicted molar refractivity (Wildman–Crippen MR) is 125 cm³/mol. The van der Waals surface area contributed by atoms with Gasteiger partial charge in [-0.3, -0.25) is 0 Å². The number of pyridine rings is 1. The van der Waals surface area contributed by atoms with E-state index in [1.807, 2.05) is 54.6 Å². The van der Waals surface area contributed by atoms with Crippen LogP contribution in [0.5, 0.6) is 5.75 Å². The molecule has 6 nitrogen and oxygen atoms in total. The summed E-state index contributed by atoms with van der Waals surface area (Å²) in [6.45, 7) is 0.423. The number of hydrogen-bond acceptors (Lipinski definition) is 5. The van der Waals surface area contributed by atoms with Crippen molar-refractivity contribution in [1.82, 2.24) is 25.6 Å². The van der Waals surface area contributed by atoms with Crippen LogP contribution < -0.4 is 4.74 Å². The van der Waals surface area contributed by atoms with Gasteiger partial charge in [0.25, 0.3) is 0 Å². The number of benzene rings is 3. The van der Waals surface area contributed by atoms with Crippen LogP contribution in [-0.4, -0.2) is 25.6 Å². The smallest absolute Gasteiger partial charge is 0.152 e. The van der Waals surface area contributed by atoms with Crippen LogP contribution >= 0.6 is 0 Å². The normalized spacial score (nSPS) is 11.2. The van der Waals surface area contributed by atoms with Gasteiger partial charge in [0, 0.05) is 11.8 Å². The van der Waals surface area contributed by atoms with E-state index in [1.54, 1.807) is 0 Å². The third-order valence-corrected chi connectivity index (χ3v) is 5.16. The van der Waals surface area contributed by atoms with Gasteiger partial charge in [0.15, 0.2) is 5.82 Å². The van der Waals surface area contributed by atoms with Crippen LogP contribution in [0.25, 0.3) is 23.1 Å². The molecule has 5 aromatic rings. The molecule has 0 saturated heterocycles. The van der Waals surface area contributed by atoms with Crippen molar-refractivity contribution >= 4 is 23.1 Å². The molecule has 0 bridgehead atoms. The number of para-hydroxylation sites is 1. The molecule has 156 valence electrons. The number of rotatable bonds is 7. The van der Waals surface area contributed by atoms with E-state index in [-0.39, 0.29) is 0 Å². The molecule has 5 rings (SSSR count). The summed E-state index contributed by atoms with van der Waals surface area (Å²) in [5, 5.41) is 15.2. The molecule has 0 aliphatic heterocycles. The first kappa shape index (κ1) is 19.6. The van der Waals surface area contributed by atoms with Crippen LogP contribution in [0.3, 0.4) is 0 Å². The monoisotopic (exact) mass is 419 g/mol. The Morgan fingerprint density at radius 1 is 0.844 bits per heavy atom. The molecular weight excluding hydrogens is 398 g/mol. The zero-order chi connectivity index (χ0) is 21.6. The summed E-state index contributed by atoms with van der Waals surface area (Å²) in [5.74, 6) is 1.55. The third kappa shape index (κ3) is 4.70. The standard InChI is InChI=1S/C26H21N5O/c1-2-9-22(17-26-28-30-31-29-26)20(7-1)13-12-19-6-5-10-24(16-19)32-18-23-15-14-21-8-3-4-11-25(21)27-23/h1-16H,17-18H2,(H,28,29,30,31)/b13-12+. The summed E-state index contributed by atoms with van der Waals surface area (Å²) in [6.07, 6.45) is 4.83. The second-order valence-corrected chi connectivity index (χ2v) is 7.41. The number of aromatic nitrogens is 5. The zero-order valence-corrected chi connectivity index (χ0v) is 17.3. The van der Waals surface area contributed by atoms with E-state index in [4.69, 9.17) is 4.74 Å². The largest absolute Gasteiger partial charge is 0.487 e.